The highest BCUT2D eigenvalue weighted by molar-refractivity contribution is 6.02. The molecule has 7 heteroatoms. The highest BCUT2D eigenvalue weighted by Gasteiger charge is 2.26. The van der Waals surface area contributed by atoms with E-state index >= 15 is 0 Å². The Kier molecular flexibility index (Phi) is 3.15. The van der Waals surface area contributed by atoms with Crippen LogP contribution in [-0.4, -0.2) is 14.5 Å². The number of aromatic nitrogens is 3. The zero-order chi connectivity index (χ0) is 18.7. The van der Waals surface area contributed by atoms with Crippen molar-refractivity contribution >= 4 is 28.1 Å². The van der Waals surface area contributed by atoms with E-state index in [2.05, 4.69) is 9.97 Å². The predicted molar refractivity (Wildman–Crippen MR) is 103 cm³/mol. The zero-order valence-corrected chi connectivity index (χ0v) is 14.5. The number of H-pyrrole nitrogens is 1. The van der Waals surface area contributed by atoms with E-state index in [9.17, 15) is 9.18 Å². The van der Waals surface area contributed by atoms with Crippen LogP contribution in [-0.2, 0) is 13.6 Å². The van der Waals surface area contributed by atoms with Crippen LogP contribution in [0.25, 0.3) is 22.0 Å². The summed E-state index contributed by atoms with van der Waals surface area (Å²) in [6.07, 6.45) is 5.27. The van der Waals surface area contributed by atoms with Crippen LogP contribution in [0.4, 0.5) is 21.6 Å². The highest BCUT2D eigenvalue weighted by Crippen LogP contribution is 2.42. The van der Waals surface area contributed by atoms with Gasteiger partial charge in [-0.15, -0.1) is 0 Å². The molecular weight excluding hydrogens is 345 g/mol. The molecule has 1 aromatic carbocycles. The van der Waals surface area contributed by atoms with Crippen molar-refractivity contribution < 1.29 is 4.39 Å². The second-order valence-electron chi connectivity index (χ2n) is 6.73. The third kappa shape index (κ3) is 2.25. The van der Waals surface area contributed by atoms with Gasteiger partial charge in [-0.05, 0) is 35.9 Å². The number of anilines is 3. The molecule has 4 aromatic rings. The summed E-state index contributed by atoms with van der Waals surface area (Å²) in [4.78, 5) is 22.2. The number of aryl methyl sites for hydroxylation is 1. The number of nitrogens with one attached hydrogen (secondary N) is 1. The summed E-state index contributed by atoms with van der Waals surface area (Å²) in [5.74, 6) is 0.418. The number of hydrogen-bond acceptors (Lipinski definition) is 4. The third-order valence-corrected chi connectivity index (χ3v) is 4.99. The lowest BCUT2D eigenvalue weighted by Crippen LogP contribution is -2.17. The summed E-state index contributed by atoms with van der Waals surface area (Å²) in [6.45, 7) is 0.496. The first-order chi connectivity index (χ1) is 13.0. The molecule has 1 aliphatic rings. The zero-order valence-electron chi connectivity index (χ0n) is 14.5. The Morgan fingerprint density at radius 3 is 2.78 bits per heavy atom. The highest BCUT2D eigenvalue weighted by atomic mass is 19.1. The topological polar surface area (TPSA) is 79.9 Å². The van der Waals surface area contributed by atoms with Gasteiger partial charge in [0.2, 0.25) is 0 Å². The number of pyridine rings is 2. The molecule has 134 valence electrons. The average Bonchev–Trinajstić information content (AvgIpc) is 3.02. The molecule has 6 nitrogen and oxygen atoms in total. The lowest BCUT2D eigenvalue weighted by Gasteiger charge is -2.24. The molecule has 1 aliphatic heterocycles. The number of fused-ring (bicyclic) bond motifs is 2. The van der Waals surface area contributed by atoms with Crippen LogP contribution >= 0.6 is 0 Å². The molecule has 0 atom stereocenters. The van der Waals surface area contributed by atoms with Gasteiger partial charge >= 0.3 is 0 Å². The predicted octanol–water partition coefficient (Wildman–Crippen LogP) is 3.30. The Hall–Kier alpha value is -3.61. The van der Waals surface area contributed by atoms with Crippen molar-refractivity contribution in [1.82, 2.24) is 14.5 Å². The summed E-state index contributed by atoms with van der Waals surface area (Å²) in [6, 6.07) is 8.14. The van der Waals surface area contributed by atoms with Crippen LogP contribution in [0.2, 0.25) is 0 Å². The summed E-state index contributed by atoms with van der Waals surface area (Å²) >= 11 is 0. The summed E-state index contributed by atoms with van der Waals surface area (Å²) in [7, 11) is 1.72. The quantitative estimate of drug-likeness (QED) is 0.545. The number of benzene rings is 1. The molecular formula is C20H16FN5O. The molecule has 0 unspecified atom stereocenters. The number of rotatable bonds is 1. The fourth-order valence-corrected chi connectivity index (χ4v) is 3.73. The molecule has 0 saturated heterocycles. The van der Waals surface area contributed by atoms with Gasteiger partial charge in [0.1, 0.15) is 17.2 Å². The largest absolute Gasteiger partial charge is 0.397 e. The molecule has 0 fully saturated rings. The van der Waals surface area contributed by atoms with Gasteiger partial charge in [-0.2, -0.15) is 0 Å². The van der Waals surface area contributed by atoms with Crippen molar-refractivity contribution in [3.63, 3.8) is 0 Å². The van der Waals surface area contributed by atoms with Gasteiger partial charge in [0.15, 0.2) is 0 Å². The Balaban J connectivity index is 1.87. The molecule has 5 rings (SSSR count). The standard InChI is InChI=1S/C20H16FN5O/c1-25-10-16-15-6-13(22)8-24-19(15)26(14-4-2-12(21)3-5-14)9-11-7-23-18(17(11)16)20(25)27/h2-8,10,23H,9,22H2,1H3. The molecule has 3 N–H and O–H groups in total. The molecule has 4 heterocycles. The van der Waals surface area contributed by atoms with Crippen molar-refractivity contribution in [3.8, 4) is 11.1 Å². The number of nitrogen functional groups attached to an aromatic ring is 1. The van der Waals surface area contributed by atoms with Crippen molar-refractivity contribution in [2.24, 2.45) is 7.05 Å². The number of halogens is 1. The maximum absolute atomic E-state index is 13.4. The average molecular weight is 361 g/mol. The monoisotopic (exact) mass is 361 g/mol. The molecule has 0 spiro atoms. The summed E-state index contributed by atoms with van der Waals surface area (Å²) in [5, 5.41) is 0.872. The lowest BCUT2D eigenvalue weighted by molar-refractivity contribution is 0.627. The first kappa shape index (κ1) is 15.6. The fraction of sp³-hybridized carbons (Fsp3) is 0.100. The maximum atomic E-state index is 13.4. The summed E-state index contributed by atoms with van der Waals surface area (Å²) in [5.41, 5.74) is 10.5. The minimum atomic E-state index is -0.297. The van der Waals surface area contributed by atoms with E-state index in [0.717, 1.165) is 27.8 Å². The lowest BCUT2D eigenvalue weighted by atomic mass is 10.0. The molecule has 27 heavy (non-hydrogen) atoms. The first-order valence-electron chi connectivity index (χ1n) is 8.51. The van der Waals surface area contributed by atoms with Crippen molar-refractivity contribution in [1.29, 1.82) is 0 Å². The Bertz CT molecular complexity index is 1260. The fourth-order valence-electron chi connectivity index (χ4n) is 3.73. The van der Waals surface area contributed by atoms with E-state index < -0.39 is 0 Å². The van der Waals surface area contributed by atoms with Crippen LogP contribution in [0.3, 0.4) is 0 Å². The molecule has 3 aromatic heterocycles. The van der Waals surface area contributed by atoms with Crippen LogP contribution in [0, 0.1) is 5.82 Å². The number of nitrogens with two attached hydrogens (primary N) is 1. The van der Waals surface area contributed by atoms with Gasteiger partial charge in [-0.25, -0.2) is 9.37 Å². The van der Waals surface area contributed by atoms with Gasteiger partial charge in [-0.3, -0.25) is 4.79 Å². The number of hydrogen-bond donors (Lipinski definition) is 2. The van der Waals surface area contributed by atoms with E-state index in [1.54, 1.807) is 29.9 Å². The van der Waals surface area contributed by atoms with Crippen molar-refractivity contribution in [2.75, 3.05) is 10.6 Å². The van der Waals surface area contributed by atoms with E-state index in [1.807, 2.05) is 23.4 Å². The van der Waals surface area contributed by atoms with E-state index in [0.29, 0.717) is 23.6 Å². The van der Waals surface area contributed by atoms with Gasteiger partial charge in [0, 0.05) is 41.6 Å². The van der Waals surface area contributed by atoms with Gasteiger partial charge in [0.05, 0.1) is 18.4 Å². The smallest absolute Gasteiger partial charge is 0.274 e. The second-order valence-corrected chi connectivity index (χ2v) is 6.73. The second kappa shape index (κ2) is 5.44. The van der Waals surface area contributed by atoms with Crippen LogP contribution in [0.1, 0.15) is 5.56 Å². The van der Waals surface area contributed by atoms with Crippen LogP contribution in [0.5, 0.6) is 0 Å². The van der Waals surface area contributed by atoms with Gasteiger partial charge in [0.25, 0.3) is 5.56 Å². The van der Waals surface area contributed by atoms with Gasteiger partial charge < -0.3 is 20.2 Å². The van der Waals surface area contributed by atoms with E-state index in [4.69, 9.17) is 5.73 Å². The number of aromatic amines is 1. The minimum absolute atomic E-state index is 0.0892. The number of nitrogens with zero attached hydrogens (tertiary/aromatic N) is 3. The Labute approximate surface area is 153 Å². The molecule has 0 saturated carbocycles. The third-order valence-electron chi connectivity index (χ3n) is 4.99. The molecule has 0 amide bonds. The molecule has 0 bridgehead atoms. The van der Waals surface area contributed by atoms with E-state index in [-0.39, 0.29) is 11.4 Å². The normalized spacial score (nSPS) is 12.9. The minimum Gasteiger partial charge on any atom is -0.397 e. The Morgan fingerprint density at radius 2 is 2.00 bits per heavy atom. The van der Waals surface area contributed by atoms with Crippen LogP contribution < -0.4 is 16.2 Å². The van der Waals surface area contributed by atoms with E-state index in [1.165, 1.54) is 12.1 Å². The van der Waals surface area contributed by atoms with Crippen molar-refractivity contribution in [3.05, 3.63) is 70.7 Å². The first-order valence-corrected chi connectivity index (χ1v) is 8.51. The molecule has 0 radical (unpaired) electrons. The summed E-state index contributed by atoms with van der Waals surface area (Å²) < 4.78 is 15.0. The van der Waals surface area contributed by atoms with Crippen LogP contribution in [0.15, 0.2) is 53.7 Å². The maximum Gasteiger partial charge on any atom is 0.274 e. The van der Waals surface area contributed by atoms with Gasteiger partial charge in [-0.1, -0.05) is 0 Å². The Morgan fingerprint density at radius 1 is 1.22 bits per heavy atom. The molecule has 0 aliphatic carbocycles. The SMILES string of the molecule is Cn1cc2c3c(c[nH]c3c1=O)CN(c1ccc(F)cc1)c1ncc(N)cc1-2. The van der Waals surface area contributed by atoms with Crippen molar-refractivity contribution in [2.45, 2.75) is 6.54 Å².